The highest BCUT2D eigenvalue weighted by Crippen LogP contribution is 2.28. The van der Waals surface area contributed by atoms with E-state index in [1.165, 1.54) is 41.1 Å². The Morgan fingerprint density at radius 1 is 1.06 bits per heavy atom. The summed E-state index contributed by atoms with van der Waals surface area (Å²) in [6.45, 7) is 2.21. The van der Waals surface area contributed by atoms with E-state index in [1.54, 1.807) is 0 Å². The number of hydrogen-bond acceptors (Lipinski definition) is 2. The van der Waals surface area contributed by atoms with Crippen molar-refractivity contribution >= 4 is 11.3 Å². The van der Waals surface area contributed by atoms with Gasteiger partial charge in [0.05, 0.1) is 0 Å². The molecule has 1 fully saturated rings. The average molecular weight is 257 g/mol. The lowest BCUT2D eigenvalue weighted by Crippen LogP contribution is -2.26. The molecule has 0 atom stereocenters. The van der Waals surface area contributed by atoms with Gasteiger partial charge >= 0.3 is 0 Å². The van der Waals surface area contributed by atoms with Gasteiger partial charge in [-0.1, -0.05) is 36.8 Å². The van der Waals surface area contributed by atoms with Gasteiger partial charge in [0, 0.05) is 16.3 Å². The first-order chi connectivity index (χ1) is 8.92. The minimum Gasteiger partial charge on any atom is -0.312 e. The van der Waals surface area contributed by atoms with Crippen LogP contribution in [0, 0.1) is 5.92 Å². The van der Waals surface area contributed by atoms with Gasteiger partial charge in [-0.3, -0.25) is 0 Å². The number of thiophene rings is 1. The largest absolute Gasteiger partial charge is 0.312 e. The molecule has 0 bridgehead atoms. The summed E-state index contributed by atoms with van der Waals surface area (Å²) in [4.78, 5) is 2.81. The summed E-state index contributed by atoms with van der Waals surface area (Å²) in [5, 5.41) is 3.58. The molecule has 0 saturated heterocycles. The fourth-order valence-corrected chi connectivity index (χ4v) is 3.31. The van der Waals surface area contributed by atoms with Crippen molar-refractivity contribution in [3.05, 3.63) is 47.3 Å². The zero-order chi connectivity index (χ0) is 12.2. The maximum Gasteiger partial charge on any atom is 0.0346 e. The lowest BCUT2D eigenvalue weighted by atomic mass is 9.85. The fourth-order valence-electron chi connectivity index (χ4n) is 2.33. The second-order valence-corrected chi connectivity index (χ2v) is 6.23. The van der Waals surface area contributed by atoms with Gasteiger partial charge in [0.2, 0.25) is 0 Å². The zero-order valence-electron chi connectivity index (χ0n) is 10.6. The quantitative estimate of drug-likeness (QED) is 0.842. The first-order valence-electron chi connectivity index (χ1n) is 6.77. The molecule has 0 aliphatic heterocycles. The molecule has 1 aliphatic carbocycles. The van der Waals surface area contributed by atoms with Crippen molar-refractivity contribution in [2.75, 3.05) is 6.54 Å². The average Bonchev–Trinajstić information content (AvgIpc) is 2.82. The van der Waals surface area contributed by atoms with Crippen molar-refractivity contribution in [3.8, 4) is 10.4 Å². The molecule has 2 heteroatoms. The molecule has 1 nitrogen and oxygen atoms in total. The second-order valence-electron chi connectivity index (χ2n) is 5.06. The Morgan fingerprint density at radius 2 is 1.89 bits per heavy atom. The Labute approximate surface area is 113 Å². The maximum atomic E-state index is 3.58. The minimum absolute atomic E-state index is 0.943. The van der Waals surface area contributed by atoms with Crippen LogP contribution in [0.4, 0.5) is 0 Å². The third-order valence-electron chi connectivity index (χ3n) is 3.68. The van der Waals surface area contributed by atoms with Gasteiger partial charge < -0.3 is 5.32 Å². The molecule has 0 spiro atoms. The molecule has 1 aromatic heterocycles. The Bertz CT molecular complexity index is 485. The van der Waals surface area contributed by atoms with Crippen molar-refractivity contribution in [3.63, 3.8) is 0 Å². The van der Waals surface area contributed by atoms with Crippen molar-refractivity contribution in [2.45, 2.75) is 25.8 Å². The van der Waals surface area contributed by atoms with Crippen LogP contribution in [-0.2, 0) is 6.54 Å². The predicted octanol–water partition coefficient (Wildman–Crippen LogP) is 4.30. The number of rotatable bonds is 5. The van der Waals surface area contributed by atoms with Crippen LogP contribution in [0.1, 0.15) is 24.1 Å². The van der Waals surface area contributed by atoms with E-state index in [-0.39, 0.29) is 0 Å². The summed E-state index contributed by atoms with van der Waals surface area (Å²) < 4.78 is 0. The van der Waals surface area contributed by atoms with E-state index in [2.05, 4.69) is 47.8 Å². The standard InChI is InChI=1S/C16H19NS/c1-2-7-14(8-3-1)16-10-9-15(18-16)12-17-11-13-5-4-6-13/h1-3,7-10,13,17H,4-6,11-12H2. The predicted molar refractivity (Wildman–Crippen MR) is 78.8 cm³/mol. The third kappa shape index (κ3) is 2.82. The highest BCUT2D eigenvalue weighted by atomic mass is 32.1. The van der Waals surface area contributed by atoms with Crippen molar-refractivity contribution < 1.29 is 0 Å². The second kappa shape index (κ2) is 5.68. The van der Waals surface area contributed by atoms with Crippen LogP contribution in [0.15, 0.2) is 42.5 Å². The van der Waals surface area contributed by atoms with Crippen molar-refractivity contribution in [1.29, 1.82) is 0 Å². The van der Waals surface area contributed by atoms with Gasteiger partial charge in [-0.05, 0) is 43.0 Å². The smallest absolute Gasteiger partial charge is 0.0346 e. The van der Waals surface area contributed by atoms with Gasteiger partial charge in [0.25, 0.3) is 0 Å². The van der Waals surface area contributed by atoms with Crippen LogP contribution < -0.4 is 5.32 Å². The summed E-state index contributed by atoms with van der Waals surface area (Å²) in [5.74, 6) is 0.943. The van der Waals surface area contributed by atoms with Crippen molar-refractivity contribution in [1.82, 2.24) is 5.32 Å². The fraction of sp³-hybridized carbons (Fsp3) is 0.375. The molecule has 18 heavy (non-hydrogen) atoms. The summed E-state index contributed by atoms with van der Waals surface area (Å²) in [6, 6.07) is 15.1. The number of hydrogen-bond donors (Lipinski definition) is 1. The molecule has 1 heterocycles. The summed E-state index contributed by atoms with van der Waals surface area (Å²) in [7, 11) is 0. The topological polar surface area (TPSA) is 12.0 Å². The van der Waals surface area contributed by atoms with Gasteiger partial charge in [0.1, 0.15) is 0 Å². The molecule has 3 rings (SSSR count). The SMILES string of the molecule is c1ccc(-c2ccc(CNCC3CCC3)s2)cc1. The van der Waals surface area contributed by atoms with Gasteiger partial charge in [-0.15, -0.1) is 11.3 Å². The first kappa shape index (κ1) is 11.9. The third-order valence-corrected chi connectivity index (χ3v) is 4.81. The Balaban J connectivity index is 1.56. The van der Waals surface area contributed by atoms with Gasteiger partial charge in [-0.25, -0.2) is 0 Å². The van der Waals surface area contributed by atoms with Crippen LogP contribution in [0.2, 0.25) is 0 Å². The van der Waals surface area contributed by atoms with E-state index in [9.17, 15) is 0 Å². The van der Waals surface area contributed by atoms with E-state index in [0.29, 0.717) is 0 Å². The zero-order valence-corrected chi connectivity index (χ0v) is 11.4. The minimum atomic E-state index is 0.943. The summed E-state index contributed by atoms with van der Waals surface area (Å²) in [5.41, 5.74) is 1.33. The van der Waals surface area contributed by atoms with E-state index < -0.39 is 0 Å². The molecule has 0 unspecified atom stereocenters. The number of nitrogens with one attached hydrogen (secondary N) is 1. The van der Waals surface area contributed by atoms with Crippen LogP contribution in [-0.4, -0.2) is 6.54 Å². The molecule has 1 saturated carbocycles. The van der Waals surface area contributed by atoms with Crippen molar-refractivity contribution in [2.24, 2.45) is 5.92 Å². The molecule has 0 amide bonds. The molecule has 0 radical (unpaired) electrons. The molecule has 1 aliphatic rings. The molecular weight excluding hydrogens is 238 g/mol. The van der Waals surface area contributed by atoms with Gasteiger partial charge in [-0.2, -0.15) is 0 Å². The highest BCUT2D eigenvalue weighted by Gasteiger charge is 2.16. The molecule has 1 aromatic carbocycles. The van der Waals surface area contributed by atoms with Gasteiger partial charge in [0.15, 0.2) is 0 Å². The summed E-state index contributed by atoms with van der Waals surface area (Å²) >= 11 is 1.90. The molecule has 2 aromatic rings. The normalized spacial score (nSPS) is 15.6. The number of benzene rings is 1. The summed E-state index contributed by atoms with van der Waals surface area (Å²) in [6.07, 6.45) is 4.28. The highest BCUT2D eigenvalue weighted by molar-refractivity contribution is 7.15. The van der Waals surface area contributed by atoms with E-state index >= 15 is 0 Å². The Morgan fingerprint density at radius 3 is 2.61 bits per heavy atom. The van der Waals surface area contributed by atoms with E-state index in [0.717, 1.165) is 12.5 Å². The molecule has 1 N–H and O–H groups in total. The monoisotopic (exact) mass is 257 g/mol. The van der Waals surface area contributed by atoms with Crippen LogP contribution in [0.25, 0.3) is 10.4 Å². The van der Waals surface area contributed by atoms with E-state index in [4.69, 9.17) is 0 Å². The van der Waals surface area contributed by atoms with Crippen LogP contribution in [0.5, 0.6) is 0 Å². The van der Waals surface area contributed by atoms with Crippen LogP contribution >= 0.6 is 11.3 Å². The Kier molecular flexibility index (Phi) is 3.77. The van der Waals surface area contributed by atoms with E-state index in [1.807, 2.05) is 11.3 Å². The molecular formula is C16H19NS. The molecule has 94 valence electrons. The van der Waals surface area contributed by atoms with Crippen LogP contribution in [0.3, 0.4) is 0 Å². The maximum absolute atomic E-state index is 3.58. The Hall–Kier alpha value is -1.12. The lowest BCUT2D eigenvalue weighted by molar-refractivity contribution is 0.301. The first-order valence-corrected chi connectivity index (χ1v) is 7.58. The lowest BCUT2D eigenvalue weighted by Gasteiger charge is -2.25.